The van der Waals surface area contributed by atoms with E-state index < -0.39 is 6.04 Å². The van der Waals surface area contributed by atoms with Crippen molar-refractivity contribution in [2.24, 2.45) is 12.8 Å². The Hall–Kier alpha value is -1.16. The Labute approximate surface area is 84.1 Å². The number of hydrogen-bond acceptors (Lipinski definition) is 3. The Kier molecular flexibility index (Phi) is 3.83. The minimum absolute atomic E-state index is 0.0639. The standard InChI is InChI=1S/C10H17N3O/c1-3-4-5-8(11)9(14)10-12-6-7-13(10)2/h6-8H,3-5,11H2,1-2H3. The Balaban J connectivity index is 2.61. The van der Waals surface area contributed by atoms with Gasteiger partial charge in [-0.25, -0.2) is 4.98 Å². The molecule has 1 atom stereocenters. The first kappa shape index (κ1) is 10.9. The van der Waals surface area contributed by atoms with E-state index in [-0.39, 0.29) is 5.78 Å². The topological polar surface area (TPSA) is 60.9 Å². The van der Waals surface area contributed by atoms with E-state index in [1.54, 1.807) is 24.0 Å². The lowest BCUT2D eigenvalue weighted by Crippen LogP contribution is -2.32. The maximum atomic E-state index is 11.7. The number of aryl methyl sites for hydroxylation is 1. The fraction of sp³-hybridized carbons (Fsp3) is 0.600. The molecule has 0 saturated carbocycles. The average molecular weight is 195 g/mol. The molecule has 0 saturated heterocycles. The molecule has 1 heterocycles. The molecule has 0 amide bonds. The Morgan fingerprint density at radius 1 is 1.71 bits per heavy atom. The Bertz CT molecular complexity index is 306. The number of hydrogen-bond donors (Lipinski definition) is 1. The van der Waals surface area contributed by atoms with Crippen molar-refractivity contribution in [1.82, 2.24) is 9.55 Å². The lowest BCUT2D eigenvalue weighted by molar-refractivity contribution is 0.0943. The van der Waals surface area contributed by atoms with Crippen molar-refractivity contribution in [2.75, 3.05) is 0 Å². The summed E-state index contributed by atoms with van der Waals surface area (Å²) in [5.41, 5.74) is 5.76. The highest BCUT2D eigenvalue weighted by molar-refractivity contribution is 5.96. The second kappa shape index (κ2) is 4.91. The Morgan fingerprint density at radius 3 is 2.93 bits per heavy atom. The first-order valence-electron chi connectivity index (χ1n) is 4.94. The van der Waals surface area contributed by atoms with Crippen molar-refractivity contribution in [2.45, 2.75) is 32.2 Å². The summed E-state index contributed by atoms with van der Waals surface area (Å²) in [4.78, 5) is 15.7. The molecule has 0 aliphatic heterocycles. The number of nitrogens with zero attached hydrogens (tertiary/aromatic N) is 2. The van der Waals surface area contributed by atoms with Gasteiger partial charge in [-0.15, -0.1) is 0 Å². The number of Topliss-reactive ketones (excluding diaryl/α,β-unsaturated/α-hetero) is 1. The zero-order chi connectivity index (χ0) is 10.6. The van der Waals surface area contributed by atoms with Crippen LogP contribution in [0, 0.1) is 0 Å². The van der Waals surface area contributed by atoms with Crippen LogP contribution in [0.5, 0.6) is 0 Å². The lowest BCUT2D eigenvalue weighted by Gasteiger charge is -2.08. The van der Waals surface area contributed by atoms with Crippen molar-refractivity contribution in [3.05, 3.63) is 18.2 Å². The van der Waals surface area contributed by atoms with Gasteiger partial charge in [-0.05, 0) is 6.42 Å². The molecule has 0 fully saturated rings. The number of aromatic nitrogens is 2. The highest BCUT2D eigenvalue weighted by Crippen LogP contribution is 2.05. The van der Waals surface area contributed by atoms with Gasteiger partial charge in [0.1, 0.15) is 0 Å². The SMILES string of the molecule is CCCCC(N)C(=O)c1nccn1C. The van der Waals surface area contributed by atoms with Crippen molar-refractivity contribution in [3.63, 3.8) is 0 Å². The number of rotatable bonds is 5. The van der Waals surface area contributed by atoms with Gasteiger partial charge >= 0.3 is 0 Å². The monoisotopic (exact) mass is 195 g/mol. The quantitative estimate of drug-likeness (QED) is 0.716. The first-order valence-corrected chi connectivity index (χ1v) is 4.94. The summed E-state index contributed by atoms with van der Waals surface area (Å²) < 4.78 is 1.70. The molecule has 4 nitrogen and oxygen atoms in total. The van der Waals surface area contributed by atoms with Crippen molar-refractivity contribution in [3.8, 4) is 0 Å². The highest BCUT2D eigenvalue weighted by Gasteiger charge is 2.18. The fourth-order valence-electron chi connectivity index (χ4n) is 1.32. The molecule has 1 aromatic heterocycles. The van der Waals surface area contributed by atoms with E-state index >= 15 is 0 Å². The van der Waals surface area contributed by atoms with Gasteiger partial charge < -0.3 is 10.3 Å². The van der Waals surface area contributed by atoms with Crippen LogP contribution in [-0.4, -0.2) is 21.4 Å². The predicted octanol–water partition coefficient (Wildman–Crippen LogP) is 1.12. The van der Waals surface area contributed by atoms with Gasteiger partial charge in [0, 0.05) is 19.4 Å². The van der Waals surface area contributed by atoms with Gasteiger partial charge in [0.25, 0.3) is 0 Å². The molecule has 14 heavy (non-hydrogen) atoms. The molecule has 0 bridgehead atoms. The molecule has 0 aromatic carbocycles. The number of carbonyl (C=O) groups excluding carboxylic acids is 1. The van der Waals surface area contributed by atoms with Gasteiger partial charge in [-0.1, -0.05) is 19.8 Å². The van der Waals surface area contributed by atoms with Crippen molar-refractivity contribution >= 4 is 5.78 Å². The van der Waals surface area contributed by atoms with Crippen LogP contribution in [0.3, 0.4) is 0 Å². The number of nitrogens with two attached hydrogens (primary N) is 1. The normalized spacial score (nSPS) is 12.8. The first-order chi connectivity index (χ1) is 6.66. The average Bonchev–Trinajstić information content (AvgIpc) is 2.59. The van der Waals surface area contributed by atoms with E-state index in [0.717, 1.165) is 19.3 Å². The molecule has 78 valence electrons. The molecule has 0 aliphatic rings. The van der Waals surface area contributed by atoms with Crippen LogP contribution in [-0.2, 0) is 7.05 Å². The van der Waals surface area contributed by atoms with Crippen molar-refractivity contribution in [1.29, 1.82) is 0 Å². The minimum atomic E-state index is -0.406. The molecular weight excluding hydrogens is 178 g/mol. The Morgan fingerprint density at radius 2 is 2.43 bits per heavy atom. The largest absolute Gasteiger partial charge is 0.332 e. The number of unbranched alkanes of at least 4 members (excludes halogenated alkanes) is 1. The van der Waals surface area contributed by atoms with Crippen LogP contribution in [0.1, 0.15) is 36.8 Å². The summed E-state index contributed by atoms with van der Waals surface area (Å²) in [6.45, 7) is 2.08. The van der Waals surface area contributed by atoms with Gasteiger partial charge in [0.2, 0.25) is 5.78 Å². The van der Waals surface area contributed by atoms with Crippen LogP contribution in [0.15, 0.2) is 12.4 Å². The molecule has 0 radical (unpaired) electrons. The van der Waals surface area contributed by atoms with E-state index in [9.17, 15) is 4.79 Å². The predicted molar refractivity (Wildman–Crippen MR) is 55.0 cm³/mol. The summed E-state index contributed by atoms with van der Waals surface area (Å²) >= 11 is 0. The third-order valence-corrected chi connectivity index (χ3v) is 2.25. The molecule has 1 unspecified atom stereocenters. The van der Waals surface area contributed by atoms with Gasteiger partial charge in [0.05, 0.1) is 6.04 Å². The molecule has 1 rings (SSSR count). The fourth-order valence-corrected chi connectivity index (χ4v) is 1.32. The molecular formula is C10H17N3O. The van der Waals surface area contributed by atoms with E-state index in [2.05, 4.69) is 11.9 Å². The second-order valence-electron chi connectivity index (χ2n) is 3.47. The van der Waals surface area contributed by atoms with Crippen LogP contribution in [0.4, 0.5) is 0 Å². The third-order valence-electron chi connectivity index (χ3n) is 2.25. The lowest BCUT2D eigenvalue weighted by atomic mass is 10.1. The summed E-state index contributed by atoms with van der Waals surface area (Å²) in [7, 11) is 1.80. The molecule has 2 N–H and O–H groups in total. The number of ketones is 1. The molecule has 0 aliphatic carbocycles. The summed E-state index contributed by atoms with van der Waals surface area (Å²) in [5.74, 6) is 0.388. The van der Waals surface area contributed by atoms with Crippen molar-refractivity contribution < 1.29 is 4.79 Å². The van der Waals surface area contributed by atoms with Crippen LogP contribution in [0.25, 0.3) is 0 Å². The van der Waals surface area contributed by atoms with E-state index in [0.29, 0.717) is 5.82 Å². The smallest absolute Gasteiger partial charge is 0.214 e. The minimum Gasteiger partial charge on any atom is -0.332 e. The van der Waals surface area contributed by atoms with Gasteiger partial charge in [-0.2, -0.15) is 0 Å². The maximum Gasteiger partial charge on any atom is 0.214 e. The number of imidazole rings is 1. The van der Waals surface area contributed by atoms with Gasteiger partial charge in [0.15, 0.2) is 5.82 Å². The number of carbonyl (C=O) groups is 1. The summed E-state index contributed by atoms with van der Waals surface area (Å²) in [5, 5.41) is 0. The molecule has 0 spiro atoms. The van der Waals surface area contributed by atoms with E-state index in [1.165, 1.54) is 0 Å². The molecule has 4 heteroatoms. The van der Waals surface area contributed by atoms with Gasteiger partial charge in [-0.3, -0.25) is 4.79 Å². The zero-order valence-corrected chi connectivity index (χ0v) is 8.73. The van der Waals surface area contributed by atoms with Crippen LogP contribution < -0.4 is 5.73 Å². The maximum absolute atomic E-state index is 11.7. The summed E-state index contributed by atoms with van der Waals surface area (Å²) in [6, 6.07) is -0.406. The summed E-state index contributed by atoms with van der Waals surface area (Å²) in [6.07, 6.45) is 6.14. The van der Waals surface area contributed by atoms with E-state index in [1.807, 2.05) is 0 Å². The molecule has 1 aromatic rings. The third kappa shape index (κ3) is 2.42. The highest BCUT2D eigenvalue weighted by atomic mass is 16.1. The van der Waals surface area contributed by atoms with Crippen LogP contribution in [0.2, 0.25) is 0 Å². The van der Waals surface area contributed by atoms with E-state index in [4.69, 9.17) is 5.73 Å². The van der Waals surface area contributed by atoms with Crippen LogP contribution >= 0.6 is 0 Å². The second-order valence-corrected chi connectivity index (χ2v) is 3.47. The zero-order valence-electron chi connectivity index (χ0n) is 8.73.